The normalized spacial score (nSPS) is 12.3. The Kier molecular flexibility index (Phi) is 9.73. The summed E-state index contributed by atoms with van der Waals surface area (Å²) in [5.41, 5.74) is 0. The summed E-state index contributed by atoms with van der Waals surface area (Å²) in [7, 11) is -2.43. The lowest BCUT2D eigenvalue weighted by Crippen LogP contribution is -2.66. The van der Waals surface area contributed by atoms with Crippen LogP contribution >= 0.6 is 11.6 Å². The molecule has 2 aromatic carbocycles. The molecule has 0 saturated carbocycles. The van der Waals surface area contributed by atoms with Gasteiger partial charge in [0.1, 0.15) is 0 Å². The Morgan fingerprint density at radius 1 is 0.714 bits per heavy atom. The number of halogens is 1. The summed E-state index contributed by atoms with van der Waals surface area (Å²) in [4.78, 5) is 0. The molecule has 2 aromatic rings. The topological polar surface area (TPSA) is 18.5 Å². The Bertz CT molecular complexity index is 616. The molecule has 0 aliphatic carbocycles. The second kappa shape index (κ2) is 11.8. The van der Waals surface area contributed by atoms with Crippen molar-refractivity contribution in [3.05, 3.63) is 60.7 Å². The fraction of sp³-hybridized carbons (Fsp3) is 0.500. The lowest BCUT2D eigenvalue weighted by molar-refractivity contribution is 0.0940. The van der Waals surface area contributed by atoms with Crippen molar-refractivity contribution in [3.63, 3.8) is 0 Å². The van der Waals surface area contributed by atoms with Gasteiger partial charge in [-0.3, -0.25) is 0 Å². The molecule has 0 bridgehead atoms. The first-order valence-corrected chi connectivity index (χ1v) is 12.9. The van der Waals surface area contributed by atoms with Crippen LogP contribution in [0.4, 0.5) is 0 Å². The average molecular weight is 419 g/mol. The minimum atomic E-state index is -2.43. The van der Waals surface area contributed by atoms with E-state index in [0.717, 1.165) is 25.3 Å². The van der Waals surface area contributed by atoms with E-state index < -0.39 is 8.32 Å². The highest BCUT2D eigenvalue weighted by molar-refractivity contribution is 6.99. The van der Waals surface area contributed by atoms with Gasteiger partial charge in [0.2, 0.25) is 0 Å². The van der Waals surface area contributed by atoms with Crippen LogP contribution in [0, 0.1) is 0 Å². The fourth-order valence-electron chi connectivity index (χ4n) is 3.77. The second-order valence-electron chi connectivity index (χ2n) is 8.23. The van der Waals surface area contributed by atoms with Gasteiger partial charge >= 0.3 is 0 Å². The van der Waals surface area contributed by atoms with Crippen molar-refractivity contribution < 1.29 is 9.16 Å². The quantitative estimate of drug-likeness (QED) is 0.262. The minimum Gasteiger partial charge on any atom is -0.405 e. The average Bonchev–Trinajstić information content (AvgIpc) is 2.70. The van der Waals surface area contributed by atoms with E-state index in [9.17, 15) is 0 Å². The predicted molar refractivity (Wildman–Crippen MR) is 124 cm³/mol. The van der Waals surface area contributed by atoms with E-state index >= 15 is 0 Å². The maximum atomic E-state index is 6.81. The first-order chi connectivity index (χ1) is 13.5. The third kappa shape index (κ3) is 6.18. The molecule has 0 N–H and O–H groups in total. The summed E-state index contributed by atoms with van der Waals surface area (Å²) in [6.07, 6.45) is 4.56. The van der Waals surface area contributed by atoms with Gasteiger partial charge in [-0.1, -0.05) is 94.3 Å². The first kappa shape index (κ1) is 23.1. The molecule has 2 nitrogen and oxygen atoms in total. The van der Waals surface area contributed by atoms with E-state index in [0.29, 0.717) is 13.2 Å². The molecular formula is C24H35ClO2Si. The zero-order chi connectivity index (χ0) is 20.3. The molecule has 2 rings (SSSR count). The van der Waals surface area contributed by atoms with Gasteiger partial charge in [0, 0.05) is 12.5 Å². The van der Waals surface area contributed by atoms with Gasteiger partial charge in [-0.15, -0.1) is 11.6 Å². The molecule has 0 spiro atoms. The third-order valence-electron chi connectivity index (χ3n) is 5.14. The minimum absolute atomic E-state index is 0.0112. The van der Waals surface area contributed by atoms with Crippen molar-refractivity contribution in [2.45, 2.75) is 51.5 Å². The monoisotopic (exact) mass is 418 g/mol. The molecular weight excluding hydrogens is 384 g/mol. The van der Waals surface area contributed by atoms with E-state index in [1.807, 2.05) is 0 Å². The Morgan fingerprint density at radius 3 is 1.75 bits per heavy atom. The van der Waals surface area contributed by atoms with Gasteiger partial charge < -0.3 is 9.16 Å². The number of hydrogen-bond donors (Lipinski definition) is 0. The number of hydrogen-bond acceptors (Lipinski definition) is 2. The van der Waals surface area contributed by atoms with Crippen molar-refractivity contribution in [3.8, 4) is 0 Å². The largest absolute Gasteiger partial charge is 0.405 e. The van der Waals surface area contributed by atoms with Crippen LogP contribution in [-0.2, 0) is 9.16 Å². The van der Waals surface area contributed by atoms with E-state index in [1.165, 1.54) is 23.2 Å². The molecule has 0 heterocycles. The van der Waals surface area contributed by atoms with Crippen LogP contribution in [0.25, 0.3) is 0 Å². The summed E-state index contributed by atoms with van der Waals surface area (Å²) in [6, 6.07) is 21.5. The number of alkyl halides is 1. The standard InChI is InChI=1S/C24H35ClO2Si/c1-24(2,3)28(22-14-8-6-9-15-22,23-16-10-7-11-17-23)27-21-20-26-19-13-5-4-12-18-25/h6-11,14-17H,4-5,12-13,18-21H2,1-3H3. The van der Waals surface area contributed by atoms with Crippen LogP contribution in [0.3, 0.4) is 0 Å². The molecule has 28 heavy (non-hydrogen) atoms. The molecule has 4 heteroatoms. The van der Waals surface area contributed by atoms with Gasteiger partial charge in [-0.05, 0) is 28.3 Å². The molecule has 0 radical (unpaired) electrons. The zero-order valence-electron chi connectivity index (χ0n) is 17.6. The lowest BCUT2D eigenvalue weighted by atomic mass is 10.2. The van der Waals surface area contributed by atoms with Crippen LogP contribution < -0.4 is 10.4 Å². The second-order valence-corrected chi connectivity index (χ2v) is 12.9. The summed E-state index contributed by atoms with van der Waals surface area (Å²) >= 11 is 5.72. The molecule has 0 saturated heterocycles. The highest BCUT2D eigenvalue weighted by atomic mass is 35.5. The van der Waals surface area contributed by atoms with Gasteiger partial charge in [0.15, 0.2) is 0 Å². The fourth-order valence-corrected chi connectivity index (χ4v) is 8.50. The maximum absolute atomic E-state index is 6.81. The van der Waals surface area contributed by atoms with Gasteiger partial charge in [-0.2, -0.15) is 0 Å². The summed E-state index contributed by atoms with van der Waals surface area (Å²) in [6.45, 7) is 8.96. The molecule has 0 aliphatic rings. The highest BCUT2D eigenvalue weighted by Crippen LogP contribution is 2.36. The Morgan fingerprint density at radius 2 is 1.25 bits per heavy atom. The van der Waals surface area contributed by atoms with Crippen molar-refractivity contribution in [1.82, 2.24) is 0 Å². The van der Waals surface area contributed by atoms with Crippen LogP contribution in [-0.4, -0.2) is 34.0 Å². The van der Waals surface area contributed by atoms with Crippen molar-refractivity contribution in [2.75, 3.05) is 25.7 Å². The van der Waals surface area contributed by atoms with Crippen molar-refractivity contribution in [1.29, 1.82) is 0 Å². The third-order valence-corrected chi connectivity index (χ3v) is 10.4. The van der Waals surface area contributed by atoms with Gasteiger partial charge in [0.25, 0.3) is 8.32 Å². The van der Waals surface area contributed by atoms with Gasteiger partial charge in [0.05, 0.1) is 13.2 Å². The maximum Gasteiger partial charge on any atom is 0.261 e. The molecule has 0 fully saturated rings. The van der Waals surface area contributed by atoms with Crippen LogP contribution in [0.15, 0.2) is 60.7 Å². The van der Waals surface area contributed by atoms with Crippen LogP contribution in [0.2, 0.25) is 5.04 Å². The van der Waals surface area contributed by atoms with Crippen LogP contribution in [0.5, 0.6) is 0 Å². The van der Waals surface area contributed by atoms with E-state index in [1.54, 1.807) is 0 Å². The number of unbranched alkanes of at least 4 members (excludes halogenated alkanes) is 3. The molecule has 0 amide bonds. The van der Waals surface area contributed by atoms with E-state index in [2.05, 4.69) is 81.4 Å². The van der Waals surface area contributed by atoms with Crippen molar-refractivity contribution >= 4 is 30.3 Å². The number of rotatable bonds is 12. The van der Waals surface area contributed by atoms with Crippen molar-refractivity contribution in [2.24, 2.45) is 0 Å². The molecule has 0 atom stereocenters. The Hall–Kier alpha value is -1.13. The number of benzene rings is 2. The molecule has 0 unspecified atom stereocenters. The smallest absolute Gasteiger partial charge is 0.261 e. The van der Waals surface area contributed by atoms with E-state index in [-0.39, 0.29) is 5.04 Å². The Labute approximate surface area is 177 Å². The Balaban J connectivity index is 2.08. The summed E-state index contributed by atoms with van der Waals surface area (Å²) < 4.78 is 12.7. The molecule has 154 valence electrons. The summed E-state index contributed by atoms with van der Waals surface area (Å²) in [5, 5.41) is 2.64. The predicted octanol–water partition coefficient (Wildman–Crippen LogP) is 5.38. The van der Waals surface area contributed by atoms with Crippen LogP contribution in [0.1, 0.15) is 46.5 Å². The number of ether oxygens (including phenoxy) is 1. The first-order valence-electron chi connectivity index (χ1n) is 10.4. The zero-order valence-corrected chi connectivity index (χ0v) is 19.4. The molecule has 0 aliphatic heterocycles. The van der Waals surface area contributed by atoms with E-state index in [4.69, 9.17) is 20.8 Å². The summed E-state index contributed by atoms with van der Waals surface area (Å²) in [5.74, 6) is 0.757. The SMILES string of the molecule is CC(C)(C)[Si](OCCOCCCCCCCl)(c1ccccc1)c1ccccc1. The lowest BCUT2D eigenvalue weighted by Gasteiger charge is -2.43. The van der Waals surface area contributed by atoms with Gasteiger partial charge in [-0.25, -0.2) is 0 Å². The highest BCUT2D eigenvalue weighted by Gasteiger charge is 2.49. The molecule has 0 aromatic heterocycles.